The number of benzene rings is 1. The van der Waals surface area contributed by atoms with Crippen LogP contribution in [-0.4, -0.2) is 13.1 Å². The molecule has 0 N–H and O–H groups in total. The fourth-order valence-corrected chi connectivity index (χ4v) is 2.22. The molecule has 0 aromatic heterocycles. The Labute approximate surface area is 131 Å². The molecule has 0 fully saturated rings. The summed E-state index contributed by atoms with van der Waals surface area (Å²) in [6, 6.07) is 7.86. The van der Waals surface area contributed by atoms with Gasteiger partial charge in [0.15, 0.2) is 0 Å². The number of rotatable bonds is 4. The Bertz CT molecular complexity index is 676. The van der Waals surface area contributed by atoms with E-state index < -0.39 is 0 Å². The first kappa shape index (κ1) is 15.8. The van der Waals surface area contributed by atoms with E-state index in [0.29, 0.717) is 5.57 Å². The Balaban J connectivity index is 2.20. The highest BCUT2D eigenvalue weighted by Gasteiger charge is 2.14. The van der Waals surface area contributed by atoms with E-state index in [2.05, 4.69) is 0 Å². The zero-order valence-corrected chi connectivity index (χ0v) is 13.1. The van der Waals surface area contributed by atoms with Crippen LogP contribution in [0.1, 0.15) is 18.9 Å². The van der Waals surface area contributed by atoms with Gasteiger partial charge in [-0.1, -0.05) is 36.4 Å². The molecule has 1 aromatic rings. The molecule has 0 amide bonds. The third kappa shape index (κ3) is 3.76. The Kier molecular flexibility index (Phi) is 5.37. The Morgan fingerprint density at radius 2 is 2.05 bits per heavy atom. The Hall–Kier alpha value is -2.55. The lowest BCUT2D eigenvalue weighted by atomic mass is 9.97. The smallest absolute Gasteiger partial charge is 0.338 e. The van der Waals surface area contributed by atoms with Crippen LogP contribution in [0.15, 0.2) is 71.6 Å². The summed E-state index contributed by atoms with van der Waals surface area (Å²) in [7, 11) is 1.39. The van der Waals surface area contributed by atoms with E-state index in [4.69, 9.17) is 9.47 Å². The average Bonchev–Trinajstić information content (AvgIpc) is 2.55. The SMILES string of the molecule is CC=C(C(=O)OC)C1=CC(=COc2ccccc2C)CC=C1. The summed E-state index contributed by atoms with van der Waals surface area (Å²) in [5.74, 6) is 0.498. The molecule has 1 aromatic carbocycles. The summed E-state index contributed by atoms with van der Waals surface area (Å²) in [5, 5.41) is 0. The predicted octanol–water partition coefficient (Wildman–Crippen LogP) is 4.26. The van der Waals surface area contributed by atoms with Gasteiger partial charge < -0.3 is 9.47 Å². The van der Waals surface area contributed by atoms with Crippen molar-refractivity contribution in [3.8, 4) is 5.75 Å². The second-order valence-corrected chi connectivity index (χ2v) is 4.98. The van der Waals surface area contributed by atoms with Crippen LogP contribution in [0.4, 0.5) is 0 Å². The quantitative estimate of drug-likeness (QED) is 0.473. The van der Waals surface area contributed by atoms with Crippen molar-refractivity contribution in [2.75, 3.05) is 7.11 Å². The van der Waals surface area contributed by atoms with Crippen LogP contribution in [0.2, 0.25) is 0 Å². The van der Waals surface area contributed by atoms with E-state index in [1.54, 1.807) is 12.3 Å². The fraction of sp³-hybridized carbons (Fsp3) is 0.211. The van der Waals surface area contributed by atoms with Gasteiger partial charge in [0.05, 0.1) is 18.9 Å². The van der Waals surface area contributed by atoms with Crippen molar-refractivity contribution < 1.29 is 14.3 Å². The lowest BCUT2D eigenvalue weighted by molar-refractivity contribution is -0.135. The van der Waals surface area contributed by atoms with Gasteiger partial charge in [0.1, 0.15) is 5.75 Å². The van der Waals surface area contributed by atoms with Gasteiger partial charge in [-0.3, -0.25) is 0 Å². The molecule has 1 aliphatic carbocycles. The molecule has 0 saturated heterocycles. The number of carbonyl (C=O) groups excluding carboxylic acids is 1. The molecule has 0 atom stereocenters. The van der Waals surface area contributed by atoms with E-state index in [1.807, 2.05) is 56.3 Å². The predicted molar refractivity (Wildman–Crippen MR) is 87.5 cm³/mol. The topological polar surface area (TPSA) is 35.5 Å². The van der Waals surface area contributed by atoms with E-state index in [0.717, 1.165) is 28.9 Å². The Morgan fingerprint density at radius 1 is 1.27 bits per heavy atom. The van der Waals surface area contributed by atoms with Gasteiger partial charge in [0.25, 0.3) is 0 Å². The number of esters is 1. The highest BCUT2D eigenvalue weighted by Crippen LogP contribution is 2.24. The molecular formula is C19H20O3. The molecular weight excluding hydrogens is 276 g/mol. The van der Waals surface area contributed by atoms with Crippen LogP contribution >= 0.6 is 0 Å². The summed E-state index contributed by atoms with van der Waals surface area (Å²) < 4.78 is 10.6. The zero-order valence-electron chi connectivity index (χ0n) is 13.1. The molecule has 2 rings (SSSR count). The first-order valence-corrected chi connectivity index (χ1v) is 7.20. The number of ether oxygens (including phenoxy) is 2. The first-order valence-electron chi connectivity index (χ1n) is 7.20. The number of para-hydroxylation sites is 1. The van der Waals surface area contributed by atoms with Gasteiger partial charge in [-0.05, 0) is 49.1 Å². The highest BCUT2D eigenvalue weighted by atomic mass is 16.5. The maximum Gasteiger partial charge on any atom is 0.338 e. The fourth-order valence-electron chi connectivity index (χ4n) is 2.22. The molecule has 0 bridgehead atoms. The maximum absolute atomic E-state index is 11.8. The lowest BCUT2D eigenvalue weighted by Gasteiger charge is -2.12. The summed E-state index contributed by atoms with van der Waals surface area (Å²) in [6.07, 6.45) is 10.1. The van der Waals surface area contributed by atoms with Crippen LogP contribution in [0.3, 0.4) is 0 Å². The number of hydrogen-bond donors (Lipinski definition) is 0. The van der Waals surface area contributed by atoms with Gasteiger partial charge in [-0.25, -0.2) is 4.79 Å². The van der Waals surface area contributed by atoms with Crippen molar-refractivity contribution >= 4 is 5.97 Å². The standard InChI is InChI=1S/C19H20O3/c1-4-17(19(20)21-3)16-10-7-9-15(12-16)13-22-18-11-6-5-8-14(18)2/h4-8,10-13H,9H2,1-3H3. The van der Waals surface area contributed by atoms with Gasteiger partial charge in [0.2, 0.25) is 0 Å². The number of allylic oxidation sites excluding steroid dienone is 5. The van der Waals surface area contributed by atoms with Crippen LogP contribution in [0.5, 0.6) is 5.75 Å². The summed E-state index contributed by atoms with van der Waals surface area (Å²) in [4.78, 5) is 11.8. The number of methoxy groups -OCH3 is 1. The van der Waals surface area contributed by atoms with Gasteiger partial charge >= 0.3 is 5.97 Å². The Morgan fingerprint density at radius 3 is 2.73 bits per heavy atom. The van der Waals surface area contributed by atoms with Crippen LogP contribution in [0.25, 0.3) is 0 Å². The third-order valence-electron chi connectivity index (χ3n) is 3.43. The number of carbonyl (C=O) groups is 1. The van der Waals surface area contributed by atoms with Crippen molar-refractivity contribution in [1.29, 1.82) is 0 Å². The monoisotopic (exact) mass is 296 g/mol. The van der Waals surface area contributed by atoms with E-state index in [-0.39, 0.29) is 5.97 Å². The summed E-state index contributed by atoms with van der Waals surface area (Å²) >= 11 is 0. The number of aryl methyl sites for hydroxylation is 1. The van der Waals surface area contributed by atoms with Crippen molar-refractivity contribution in [3.63, 3.8) is 0 Å². The van der Waals surface area contributed by atoms with Crippen molar-refractivity contribution in [3.05, 3.63) is 77.1 Å². The maximum atomic E-state index is 11.8. The minimum Gasteiger partial charge on any atom is -0.465 e. The molecule has 3 heteroatoms. The zero-order chi connectivity index (χ0) is 15.9. The van der Waals surface area contributed by atoms with E-state index in [1.165, 1.54) is 7.11 Å². The minimum absolute atomic E-state index is 0.334. The molecule has 22 heavy (non-hydrogen) atoms. The molecule has 0 aliphatic heterocycles. The third-order valence-corrected chi connectivity index (χ3v) is 3.43. The van der Waals surface area contributed by atoms with E-state index >= 15 is 0 Å². The largest absolute Gasteiger partial charge is 0.465 e. The molecule has 0 heterocycles. The lowest BCUT2D eigenvalue weighted by Crippen LogP contribution is -2.07. The van der Waals surface area contributed by atoms with Crippen LogP contribution < -0.4 is 4.74 Å². The number of hydrogen-bond acceptors (Lipinski definition) is 3. The van der Waals surface area contributed by atoms with Gasteiger partial charge in [-0.2, -0.15) is 0 Å². The molecule has 0 radical (unpaired) electrons. The molecule has 3 nitrogen and oxygen atoms in total. The minimum atomic E-state index is -0.334. The van der Waals surface area contributed by atoms with Crippen molar-refractivity contribution in [1.82, 2.24) is 0 Å². The molecule has 0 unspecified atom stereocenters. The van der Waals surface area contributed by atoms with Gasteiger partial charge in [-0.15, -0.1) is 0 Å². The normalized spacial score (nSPS) is 16.4. The molecule has 0 spiro atoms. The van der Waals surface area contributed by atoms with Crippen molar-refractivity contribution in [2.45, 2.75) is 20.3 Å². The molecule has 0 saturated carbocycles. The van der Waals surface area contributed by atoms with Crippen LogP contribution in [0, 0.1) is 6.92 Å². The average molecular weight is 296 g/mol. The van der Waals surface area contributed by atoms with Gasteiger partial charge in [0, 0.05) is 0 Å². The molecule has 1 aliphatic rings. The summed E-state index contributed by atoms with van der Waals surface area (Å²) in [5.41, 5.74) is 3.48. The second kappa shape index (κ2) is 7.46. The first-order chi connectivity index (χ1) is 10.7. The van der Waals surface area contributed by atoms with Crippen LogP contribution in [-0.2, 0) is 9.53 Å². The van der Waals surface area contributed by atoms with E-state index in [9.17, 15) is 4.79 Å². The highest BCUT2D eigenvalue weighted by molar-refractivity contribution is 5.94. The molecule has 114 valence electrons. The van der Waals surface area contributed by atoms with Crippen molar-refractivity contribution in [2.24, 2.45) is 0 Å². The summed E-state index contributed by atoms with van der Waals surface area (Å²) in [6.45, 7) is 3.83. The second-order valence-electron chi connectivity index (χ2n) is 4.98.